The van der Waals surface area contributed by atoms with Crippen LogP contribution in [0.2, 0.25) is 0 Å². The van der Waals surface area contributed by atoms with Gasteiger partial charge in [-0.15, -0.1) is 0 Å². The van der Waals surface area contributed by atoms with E-state index >= 15 is 0 Å². The maximum absolute atomic E-state index is 12.4. The van der Waals surface area contributed by atoms with Gasteiger partial charge >= 0.3 is 12.1 Å². The molecule has 0 aromatic carbocycles. The lowest BCUT2D eigenvalue weighted by Crippen LogP contribution is -2.68. The van der Waals surface area contributed by atoms with Crippen LogP contribution in [-0.2, 0) is 19.4 Å². The van der Waals surface area contributed by atoms with Crippen LogP contribution in [-0.4, -0.2) is 80.1 Å². The molecular weight excluding hydrogens is 407 g/mol. The molecule has 13 heteroatoms. The zero-order chi connectivity index (χ0) is 21.2. The average Bonchev–Trinajstić information content (AvgIpc) is 2.84. The molecule has 0 saturated carbocycles. The van der Waals surface area contributed by atoms with E-state index in [2.05, 4.69) is 9.97 Å². The molecule has 2 aliphatic rings. The number of nitrogens with zero attached hydrogens (tertiary/aromatic N) is 3. The number of sulfone groups is 1. The van der Waals surface area contributed by atoms with Crippen molar-refractivity contribution in [2.45, 2.75) is 17.3 Å². The molecule has 3 heterocycles. The van der Waals surface area contributed by atoms with E-state index < -0.39 is 26.7 Å². The minimum atomic E-state index is -5.08. The fourth-order valence-corrected chi connectivity index (χ4v) is 5.69. The summed E-state index contributed by atoms with van der Waals surface area (Å²) in [6.45, 7) is 1.41. The van der Waals surface area contributed by atoms with Gasteiger partial charge in [-0.25, -0.2) is 23.2 Å². The quantitative estimate of drug-likeness (QED) is 0.743. The Kier molecular flexibility index (Phi) is 6.38. The van der Waals surface area contributed by atoms with Crippen molar-refractivity contribution in [2.75, 3.05) is 44.6 Å². The second-order valence-electron chi connectivity index (χ2n) is 6.40. The molecule has 1 N–H and O–H groups in total. The summed E-state index contributed by atoms with van der Waals surface area (Å²) in [5, 5.41) is 7.12. The van der Waals surface area contributed by atoms with Crippen LogP contribution in [0.25, 0.3) is 0 Å². The lowest BCUT2D eigenvalue weighted by molar-refractivity contribution is -0.192. The minimum absolute atomic E-state index is 0.0625. The number of ether oxygens (including phenoxy) is 2. The first-order valence-electron chi connectivity index (χ1n) is 8.09. The third-order valence-electron chi connectivity index (χ3n) is 4.79. The van der Waals surface area contributed by atoms with E-state index in [4.69, 9.17) is 19.4 Å². The molecule has 0 amide bonds. The van der Waals surface area contributed by atoms with Crippen LogP contribution in [0.4, 0.5) is 19.0 Å². The predicted octanol–water partition coefficient (Wildman–Crippen LogP) is 0.758. The van der Waals surface area contributed by atoms with Gasteiger partial charge in [0.2, 0.25) is 5.88 Å². The summed E-state index contributed by atoms with van der Waals surface area (Å²) in [7, 11) is 0.0827. The number of anilines is 1. The molecule has 9 nitrogen and oxygen atoms in total. The molecule has 2 saturated heterocycles. The van der Waals surface area contributed by atoms with E-state index in [0.29, 0.717) is 37.8 Å². The Hall–Kier alpha value is -2.15. The number of methoxy groups -OCH3 is 2. The topological polar surface area (TPSA) is 119 Å². The lowest BCUT2D eigenvalue weighted by atomic mass is 9.83. The molecule has 28 heavy (non-hydrogen) atoms. The molecule has 1 unspecified atom stereocenters. The number of hydrogen-bond acceptors (Lipinski definition) is 8. The molecule has 158 valence electrons. The number of hydrogen-bond donors (Lipinski definition) is 1. The molecule has 3 rings (SSSR count). The van der Waals surface area contributed by atoms with Gasteiger partial charge < -0.3 is 19.5 Å². The Morgan fingerprint density at radius 3 is 2.46 bits per heavy atom. The Bertz CT molecular complexity index is 811. The van der Waals surface area contributed by atoms with Crippen LogP contribution in [0, 0.1) is 5.92 Å². The van der Waals surface area contributed by atoms with Gasteiger partial charge in [0, 0.05) is 32.2 Å². The average molecular weight is 427 g/mol. The number of carboxylic acids is 1. The number of carbonyl (C=O) groups is 1. The maximum atomic E-state index is 12.4. The summed E-state index contributed by atoms with van der Waals surface area (Å²) in [5.74, 6) is -1.27. The summed E-state index contributed by atoms with van der Waals surface area (Å²) >= 11 is 0. The Morgan fingerprint density at radius 1 is 1.36 bits per heavy atom. The molecular formula is C15H20F3N3O6S. The number of rotatable bonds is 4. The number of halogens is 3. The normalized spacial score (nSPS) is 22.2. The molecule has 1 spiro atoms. The predicted molar refractivity (Wildman–Crippen MR) is 91.0 cm³/mol. The lowest BCUT2D eigenvalue weighted by Gasteiger charge is -2.50. The third kappa shape index (κ3) is 4.29. The Morgan fingerprint density at radius 2 is 1.96 bits per heavy atom. The van der Waals surface area contributed by atoms with Crippen LogP contribution in [0.15, 0.2) is 12.4 Å². The zero-order valence-electron chi connectivity index (χ0n) is 15.1. The molecule has 1 atom stereocenters. The molecule has 2 aliphatic heterocycles. The van der Waals surface area contributed by atoms with Gasteiger partial charge in [-0.2, -0.15) is 13.2 Å². The van der Waals surface area contributed by atoms with Crippen molar-refractivity contribution in [3.8, 4) is 5.88 Å². The van der Waals surface area contributed by atoms with Crippen molar-refractivity contribution < 1.29 is 41.0 Å². The van der Waals surface area contributed by atoms with Gasteiger partial charge in [0.15, 0.2) is 9.84 Å². The fraction of sp³-hybridized carbons (Fsp3) is 0.667. The van der Waals surface area contributed by atoms with E-state index in [9.17, 15) is 21.6 Å². The first-order chi connectivity index (χ1) is 13.0. The minimum Gasteiger partial charge on any atom is -0.481 e. The highest BCUT2D eigenvalue weighted by Crippen LogP contribution is 2.46. The first-order valence-corrected chi connectivity index (χ1v) is 9.74. The van der Waals surface area contributed by atoms with E-state index in [1.54, 1.807) is 20.3 Å². The Balaban J connectivity index is 0.000000345. The van der Waals surface area contributed by atoms with Crippen molar-refractivity contribution in [2.24, 2.45) is 5.92 Å². The SMILES string of the molecule is COCC1CCS(=O)(=O)C12CN(c1cc(OC)ncn1)C2.O=C(O)C(F)(F)F. The van der Waals surface area contributed by atoms with E-state index in [1.165, 1.54) is 6.33 Å². The molecule has 2 fully saturated rings. The molecule has 1 aromatic rings. The van der Waals surface area contributed by atoms with Gasteiger partial charge in [-0.1, -0.05) is 0 Å². The van der Waals surface area contributed by atoms with E-state index in [-0.39, 0.29) is 11.7 Å². The summed E-state index contributed by atoms with van der Waals surface area (Å²) in [5.41, 5.74) is 0. The number of carboxylic acid groups (broad SMARTS) is 1. The van der Waals surface area contributed by atoms with E-state index in [0.717, 1.165) is 0 Å². The summed E-state index contributed by atoms with van der Waals surface area (Å²) in [6, 6.07) is 1.72. The Labute approximate surface area is 159 Å². The fourth-order valence-electron chi connectivity index (χ4n) is 3.29. The van der Waals surface area contributed by atoms with Crippen LogP contribution >= 0.6 is 0 Å². The van der Waals surface area contributed by atoms with Crippen LogP contribution in [0.1, 0.15) is 6.42 Å². The summed E-state index contributed by atoms with van der Waals surface area (Å²) in [6.07, 6.45) is -2.98. The maximum Gasteiger partial charge on any atom is 0.490 e. The van der Waals surface area contributed by atoms with E-state index in [1.807, 2.05) is 4.90 Å². The number of aliphatic carboxylic acids is 1. The van der Waals surface area contributed by atoms with Crippen LogP contribution in [0.5, 0.6) is 5.88 Å². The van der Waals surface area contributed by atoms with Crippen LogP contribution in [0.3, 0.4) is 0 Å². The van der Waals surface area contributed by atoms with Crippen molar-refractivity contribution in [1.29, 1.82) is 0 Å². The first kappa shape index (κ1) is 22.1. The highest BCUT2D eigenvalue weighted by Gasteiger charge is 2.61. The smallest absolute Gasteiger partial charge is 0.481 e. The van der Waals surface area contributed by atoms with Crippen molar-refractivity contribution >= 4 is 21.6 Å². The van der Waals surface area contributed by atoms with Crippen molar-refractivity contribution in [3.05, 3.63) is 12.4 Å². The number of aromatic nitrogens is 2. The van der Waals surface area contributed by atoms with Crippen molar-refractivity contribution in [1.82, 2.24) is 9.97 Å². The van der Waals surface area contributed by atoms with Gasteiger partial charge in [-0.3, -0.25) is 0 Å². The van der Waals surface area contributed by atoms with Crippen LogP contribution < -0.4 is 9.64 Å². The second-order valence-corrected chi connectivity index (χ2v) is 8.85. The molecule has 0 radical (unpaired) electrons. The van der Waals surface area contributed by atoms with Gasteiger partial charge in [-0.05, 0) is 6.42 Å². The standard InChI is InChI=1S/C13H19N3O4S.C2HF3O2/c1-19-6-10-3-4-21(17,18)13(10)7-16(8-13)11-5-12(20-2)15-9-14-11;3-2(4,5)1(6)7/h5,9-10H,3-4,6-8H2,1-2H3;(H,6,7). The highest BCUT2D eigenvalue weighted by molar-refractivity contribution is 7.93. The summed E-state index contributed by atoms with van der Waals surface area (Å²) in [4.78, 5) is 19.0. The number of alkyl halides is 3. The van der Waals surface area contributed by atoms with Gasteiger partial charge in [0.05, 0.1) is 19.5 Å². The van der Waals surface area contributed by atoms with Crippen molar-refractivity contribution in [3.63, 3.8) is 0 Å². The highest BCUT2D eigenvalue weighted by atomic mass is 32.2. The summed E-state index contributed by atoms with van der Waals surface area (Å²) < 4.78 is 66.2. The largest absolute Gasteiger partial charge is 0.490 e. The second kappa shape index (κ2) is 8.07. The molecule has 0 bridgehead atoms. The molecule has 1 aromatic heterocycles. The third-order valence-corrected chi connectivity index (χ3v) is 7.39. The zero-order valence-corrected chi connectivity index (χ0v) is 16.0. The molecule has 0 aliphatic carbocycles. The van der Waals surface area contributed by atoms with Gasteiger partial charge in [0.25, 0.3) is 0 Å². The monoisotopic (exact) mass is 427 g/mol. The van der Waals surface area contributed by atoms with Gasteiger partial charge in [0.1, 0.15) is 16.9 Å².